The first-order valence-corrected chi connectivity index (χ1v) is 6.64. The second kappa shape index (κ2) is 5.89. The molecule has 1 aliphatic heterocycles. The molecule has 6 heteroatoms. The molecule has 2 N–H and O–H groups in total. The Hall–Kier alpha value is -0.810. The summed E-state index contributed by atoms with van der Waals surface area (Å²) in [4.78, 5) is 13.5. The zero-order chi connectivity index (χ0) is 13.1. The maximum Gasteiger partial charge on any atom is 0.267 e. The topological polar surface area (TPSA) is 36.8 Å². The third kappa shape index (κ3) is 3.36. The van der Waals surface area contributed by atoms with E-state index in [1.807, 2.05) is 5.01 Å². The van der Waals surface area contributed by atoms with Crippen LogP contribution in [0.4, 0.5) is 0 Å². The Kier molecular flexibility index (Phi) is 4.45. The smallest absolute Gasteiger partial charge is 0.267 e. The number of hydrogen-bond acceptors (Lipinski definition) is 2. The van der Waals surface area contributed by atoms with E-state index in [2.05, 4.69) is 12.5 Å². The van der Waals surface area contributed by atoms with E-state index in [4.69, 9.17) is 23.2 Å². The number of benzene rings is 1. The SMILES string of the molecule is C[NH+]1CCN(NC(=O)c2ccc(Cl)cc2Cl)CC1. The molecule has 0 spiro atoms. The molecule has 1 amide bonds. The van der Waals surface area contributed by atoms with Gasteiger partial charge in [0.2, 0.25) is 0 Å². The summed E-state index contributed by atoms with van der Waals surface area (Å²) < 4.78 is 0. The average molecular weight is 289 g/mol. The van der Waals surface area contributed by atoms with Gasteiger partial charge in [-0.2, -0.15) is 0 Å². The largest absolute Gasteiger partial charge is 0.335 e. The van der Waals surface area contributed by atoms with Crippen LogP contribution >= 0.6 is 23.2 Å². The summed E-state index contributed by atoms with van der Waals surface area (Å²) in [6.07, 6.45) is 0. The lowest BCUT2D eigenvalue weighted by molar-refractivity contribution is -0.884. The minimum atomic E-state index is -0.184. The van der Waals surface area contributed by atoms with Crippen molar-refractivity contribution in [3.63, 3.8) is 0 Å². The summed E-state index contributed by atoms with van der Waals surface area (Å²) in [7, 11) is 2.15. The molecule has 1 aromatic rings. The molecule has 0 saturated carbocycles. The van der Waals surface area contributed by atoms with Gasteiger partial charge in [-0.15, -0.1) is 0 Å². The monoisotopic (exact) mass is 288 g/mol. The number of piperazine rings is 1. The molecule has 1 saturated heterocycles. The van der Waals surface area contributed by atoms with Gasteiger partial charge in [0.1, 0.15) is 0 Å². The molecule has 98 valence electrons. The molecule has 1 aromatic carbocycles. The van der Waals surface area contributed by atoms with Crippen LogP contribution in [0, 0.1) is 0 Å². The predicted molar refractivity (Wildman–Crippen MR) is 72.1 cm³/mol. The average Bonchev–Trinajstić information content (AvgIpc) is 2.32. The molecule has 2 rings (SSSR count). The Bertz CT molecular complexity index is 445. The number of nitrogens with one attached hydrogen (secondary N) is 2. The van der Waals surface area contributed by atoms with E-state index in [0.717, 1.165) is 26.2 Å². The third-order valence-corrected chi connectivity index (χ3v) is 3.60. The Labute approximate surface area is 116 Å². The number of hydrogen-bond donors (Lipinski definition) is 2. The summed E-state index contributed by atoms with van der Waals surface area (Å²) in [5.41, 5.74) is 3.32. The Morgan fingerprint density at radius 2 is 2.00 bits per heavy atom. The second-order valence-corrected chi connectivity index (χ2v) is 5.35. The first kappa shape index (κ1) is 13.6. The zero-order valence-electron chi connectivity index (χ0n) is 10.2. The molecule has 1 heterocycles. The lowest BCUT2D eigenvalue weighted by Crippen LogP contribution is -3.12. The molecule has 18 heavy (non-hydrogen) atoms. The number of hydrazine groups is 1. The van der Waals surface area contributed by atoms with Crippen molar-refractivity contribution in [2.45, 2.75) is 0 Å². The van der Waals surface area contributed by atoms with Crippen LogP contribution in [-0.2, 0) is 0 Å². The molecule has 0 bridgehead atoms. The minimum absolute atomic E-state index is 0.184. The molecule has 0 atom stereocenters. The van der Waals surface area contributed by atoms with Gasteiger partial charge in [0.05, 0.1) is 43.8 Å². The fraction of sp³-hybridized carbons (Fsp3) is 0.417. The molecule has 0 unspecified atom stereocenters. The summed E-state index contributed by atoms with van der Waals surface area (Å²) in [5.74, 6) is -0.184. The van der Waals surface area contributed by atoms with Crippen LogP contribution in [0.2, 0.25) is 10.0 Å². The van der Waals surface area contributed by atoms with Crippen LogP contribution in [-0.4, -0.2) is 44.1 Å². The number of carbonyl (C=O) groups excluding carboxylic acids is 1. The van der Waals surface area contributed by atoms with Crippen molar-refractivity contribution in [1.82, 2.24) is 10.4 Å². The van der Waals surface area contributed by atoms with E-state index < -0.39 is 0 Å². The van der Waals surface area contributed by atoms with Crippen LogP contribution in [0.25, 0.3) is 0 Å². The molecule has 4 nitrogen and oxygen atoms in total. The van der Waals surface area contributed by atoms with Crippen molar-refractivity contribution < 1.29 is 9.69 Å². The van der Waals surface area contributed by atoms with Gasteiger partial charge in [-0.1, -0.05) is 23.2 Å². The first-order valence-electron chi connectivity index (χ1n) is 5.88. The highest BCUT2D eigenvalue weighted by Gasteiger charge is 2.19. The van der Waals surface area contributed by atoms with E-state index in [0.29, 0.717) is 15.6 Å². The summed E-state index contributed by atoms with van der Waals surface area (Å²) in [6, 6.07) is 4.88. The maximum absolute atomic E-state index is 12.0. The van der Waals surface area contributed by atoms with Crippen molar-refractivity contribution in [1.29, 1.82) is 0 Å². The molecule has 0 aromatic heterocycles. The number of quaternary nitrogens is 1. The standard InChI is InChI=1S/C12H15Cl2N3O/c1-16-4-6-17(7-5-16)15-12(18)10-3-2-9(13)8-11(10)14/h2-3,8H,4-7H2,1H3,(H,15,18)/p+1. The normalized spacial score (nSPS) is 17.7. The number of carbonyl (C=O) groups is 1. The molecular weight excluding hydrogens is 273 g/mol. The zero-order valence-corrected chi connectivity index (χ0v) is 11.7. The van der Waals surface area contributed by atoms with Crippen molar-refractivity contribution in [3.8, 4) is 0 Å². The Morgan fingerprint density at radius 1 is 1.33 bits per heavy atom. The van der Waals surface area contributed by atoms with Gasteiger partial charge >= 0.3 is 0 Å². The van der Waals surface area contributed by atoms with Gasteiger partial charge in [0.15, 0.2) is 0 Å². The number of rotatable bonds is 2. The van der Waals surface area contributed by atoms with Gasteiger partial charge in [-0.25, -0.2) is 5.01 Å². The van der Waals surface area contributed by atoms with Crippen molar-refractivity contribution in [3.05, 3.63) is 33.8 Å². The van der Waals surface area contributed by atoms with E-state index in [9.17, 15) is 4.79 Å². The van der Waals surface area contributed by atoms with Gasteiger partial charge < -0.3 is 4.90 Å². The molecule has 1 aliphatic rings. The number of likely N-dealkylation sites (N-methyl/N-ethyl adjacent to an activating group) is 1. The minimum Gasteiger partial charge on any atom is -0.335 e. The van der Waals surface area contributed by atoms with Crippen LogP contribution in [0.15, 0.2) is 18.2 Å². The van der Waals surface area contributed by atoms with Crippen LogP contribution in [0.5, 0.6) is 0 Å². The highest BCUT2D eigenvalue weighted by Crippen LogP contribution is 2.20. The quantitative estimate of drug-likeness (QED) is 0.830. The van der Waals surface area contributed by atoms with E-state index in [1.165, 1.54) is 4.90 Å². The molecule has 0 aliphatic carbocycles. The van der Waals surface area contributed by atoms with E-state index in [1.54, 1.807) is 18.2 Å². The highest BCUT2D eigenvalue weighted by molar-refractivity contribution is 6.36. The fourth-order valence-corrected chi connectivity index (χ4v) is 2.37. The first-order chi connectivity index (χ1) is 8.56. The number of halogens is 2. The van der Waals surface area contributed by atoms with Gasteiger partial charge in [0, 0.05) is 5.02 Å². The predicted octanol–water partition coefficient (Wildman–Crippen LogP) is 0.469. The molecule has 0 radical (unpaired) electrons. The lowest BCUT2D eigenvalue weighted by Gasteiger charge is -2.30. The molecule has 1 fully saturated rings. The lowest BCUT2D eigenvalue weighted by atomic mass is 10.2. The summed E-state index contributed by atoms with van der Waals surface area (Å²) in [5, 5.41) is 2.83. The number of nitrogens with zero attached hydrogens (tertiary/aromatic N) is 1. The van der Waals surface area contributed by atoms with Gasteiger partial charge in [0.25, 0.3) is 5.91 Å². The second-order valence-electron chi connectivity index (χ2n) is 4.51. The van der Waals surface area contributed by atoms with Crippen LogP contribution < -0.4 is 10.3 Å². The van der Waals surface area contributed by atoms with Crippen LogP contribution in [0.1, 0.15) is 10.4 Å². The number of amides is 1. The molecular formula is C12H16Cl2N3O+. The third-order valence-electron chi connectivity index (χ3n) is 3.05. The van der Waals surface area contributed by atoms with Crippen molar-refractivity contribution in [2.75, 3.05) is 33.2 Å². The highest BCUT2D eigenvalue weighted by atomic mass is 35.5. The van der Waals surface area contributed by atoms with Crippen molar-refractivity contribution in [2.24, 2.45) is 0 Å². The van der Waals surface area contributed by atoms with E-state index >= 15 is 0 Å². The van der Waals surface area contributed by atoms with E-state index in [-0.39, 0.29) is 5.91 Å². The van der Waals surface area contributed by atoms with Crippen molar-refractivity contribution >= 4 is 29.1 Å². The maximum atomic E-state index is 12.0. The van der Waals surface area contributed by atoms with Gasteiger partial charge in [-0.3, -0.25) is 10.2 Å². The summed E-state index contributed by atoms with van der Waals surface area (Å²) in [6.45, 7) is 3.74. The van der Waals surface area contributed by atoms with Crippen LogP contribution in [0.3, 0.4) is 0 Å². The Balaban J connectivity index is 1.99. The summed E-state index contributed by atoms with van der Waals surface area (Å²) >= 11 is 11.8. The van der Waals surface area contributed by atoms with Gasteiger partial charge in [-0.05, 0) is 18.2 Å². The Morgan fingerprint density at radius 3 is 2.61 bits per heavy atom. The fourth-order valence-electron chi connectivity index (χ4n) is 1.88.